The molecule has 5 heteroatoms. The summed E-state index contributed by atoms with van der Waals surface area (Å²) in [4.78, 5) is 14.1. The molecule has 0 bridgehead atoms. The van der Waals surface area contributed by atoms with Crippen LogP contribution in [0.2, 0.25) is 0 Å². The summed E-state index contributed by atoms with van der Waals surface area (Å²) >= 11 is 0. The summed E-state index contributed by atoms with van der Waals surface area (Å²) in [6.07, 6.45) is 0. The molecule has 0 aliphatic heterocycles. The SMILES string of the molecule is CC[NH+](Cc1ccc(OC)c(F)c1)[C@@H](C)C(=O)Nc1ccccc1-c1ccccc1. The number of ether oxygens (including phenoxy) is 1. The van der Waals surface area contributed by atoms with Crippen molar-refractivity contribution in [3.8, 4) is 16.9 Å². The molecule has 3 aromatic carbocycles. The Bertz CT molecular complexity index is 991. The zero-order valence-electron chi connectivity index (χ0n) is 17.6. The first-order valence-electron chi connectivity index (χ1n) is 10.2. The van der Waals surface area contributed by atoms with Crippen LogP contribution in [0, 0.1) is 5.82 Å². The van der Waals surface area contributed by atoms with Gasteiger partial charge in [-0.3, -0.25) is 4.79 Å². The van der Waals surface area contributed by atoms with E-state index in [1.165, 1.54) is 13.2 Å². The summed E-state index contributed by atoms with van der Waals surface area (Å²) in [6.45, 7) is 5.21. The van der Waals surface area contributed by atoms with Crippen molar-refractivity contribution in [3.63, 3.8) is 0 Å². The number of carbonyl (C=O) groups excluding carboxylic acids is 1. The van der Waals surface area contributed by atoms with Gasteiger partial charge in [-0.05, 0) is 43.7 Å². The molecule has 1 amide bonds. The van der Waals surface area contributed by atoms with E-state index in [0.717, 1.165) is 33.8 Å². The average molecular weight is 408 g/mol. The Kier molecular flexibility index (Phi) is 7.20. The molecule has 3 rings (SSSR count). The van der Waals surface area contributed by atoms with Crippen LogP contribution >= 0.6 is 0 Å². The van der Waals surface area contributed by atoms with Crippen LogP contribution in [-0.2, 0) is 11.3 Å². The number of quaternary nitrogens is 1. The highest BCUT2D eigenvalue weighted by Gasteiger charge is 2.25. The standard InChI is InChI=1S/C25H27FN2O2/c1-4-28(17-19-14-15-24(30-3)22(26)16-19)18(2)25(29)27-23-13-9-8-12-21(23)20-10-6-5-7-11-20/h5-16,18H,4,17H2,1-3H3,(H,27,29)/p+1/t18-/m0/s1. The van der Waals surface area contributed by atoms with Gasteiger partial charge >= 0.3 is 0 Å². The van der Waals surface area contributed by atoms with Crippen LogP contribution in [-0.4, -0.2) is 25.6 Å². The summed E-state index contributed by atoms with van der Waals surface area (Å²) in [6, 6.07) is 22.4. The van der Waals surface area contributed by atoms with E-state index in [-0.39, 0.29) is 23.5 Å². The quantitative estimate of drug-likeness (QED) is 0.594. The molecule has 3 aromatic rings. The number of carbonyl (C=O) groups is 1. The summed E-state index contributed by atoms with van der Waals surface area (Å²) in [5, 5.41) is 3.09. The molecule has 4 nitrogen and oxygen atoms in total. The van der Waals surface area contributed by atoms with Crippen LogP contribution in [0.15, 0.2) is 72.8 Å². The molecule has 1 unspecified atom stereocenters. The van der Waals surface area contributed by atoms with E-state index in [0.29, 0.717) is 6.54 Å². The fourth-order valence-corrected chi connectivity index (χ4v) is 3.55. The van der Waals surface area contributed by atoms with Crippen molar-refractivity contribution in [2.45, 2.75) is 26.4 Å². The van der Waals surface area contributed by atoms with Gasteiger partial charge in [-0.1, -0.05) is 48.5 Å². The lowest BCUT2D eigenvalue weighted by Crippen LogP contribution is -3.15. The van der Waals surface area contributed by atoms with E-state index in [1.54, 1.807) is 6.07 Å². The van der Waals surface area contributed by atoms with E-state index in [9.17, 15) is 9.18 Å². The number of halogens is 1. The van der Waals surface area contributed by atoms with Crippen molar-refractivity contribution in [3.05, 3.63) is 84.2 Å². The number of likely N-dealkylation sites (N-methyl/N-ethyl adjacent to an activating group) is 1. The minimum atomic E-state index is -0.389. The monoisotopic (exact) mass is 407 g/mol. The minimum Gasteiger partial charge on any atom is -0.494 e. The zero-order valence-corrected chi connectivity index (χ0v) is 17.6. The third-order valence-corrected chi connectivity index (χ3v) is 5.38. The first-order chi connectivity index (χ1) is 14.5. The third kappa shape index (κ3) is 5.05. The Morgan fingerprint density at radius 1 is 1.07 bits per heavy atom. The van der Waals surface area contributed by atoms with Crippen molar-refractivity contribution in [2.24, 2.45) is 0 Å². The highest BCUT2D eigenvalue weighted by molar-refractivity contribution is 5.97. The Hall–Kier alpha value is -3.18. The number of hydrogen-bond acceptors (Lipinski definition) is 2. The number of nitrogens with one attached hydrogen (secondary N) is 2. The van der Waals surface area contributed by atoms with E-state index in [4.69, 9.17) is 4.74 Å². The summed E-state index contributed by atoms with van der Waals surface area (Å²) in [5.41, 5.74) is 3.64. The van der Waals surface area contributed by atoms with Gasteiger partial charge in [0.2, 0.25) is 0 Å². The molecule has 0 spiro atoms. The van der Waals surface area contributed by atoms with E-state index >= 15 is 0 Å². The molecule has 0 heterocycles. The molecule has 30 heavy (non-hydrogen) atoms. The molecule has 2 N–H and O–H groups in total. The predicted octanol–water partition coefficient (Wildman–Crippen LogP) is 3.93. The Morgan fingerprint density at radius 2 is 1.77 bits per heavy atom. The van der Waals surface area contributed by atoms with Gasteiger partial charge in [0.1, 0.15) is 6.54 Å². The molecular formula is C25H28FN2O2+. The number of para-hydroxylation sites is 1. The summed E-state index contributed by atoms with van der Waals surface area (Å²) in [7, 11) is 1.45. The van der Waals surface area contributed by atoms with Crippen molar-refractivity contribution in [1.29, 1.82) is 0 Å². The number of amides is 1. The topological polar surface area (TPSA) is 42.8 Å². The van der Waals surface area contributed by atoms with Gasteiger partial charge in [0.05, 0.1) is 13.7 Å². The molecule has 0 aliphatic rings. The van der Waals surface area contributed by atoms with Crippen molar-refractivity contribution >= 4 is 11.6 Å². The Balaban J connectivity index is 1.74. The highest BCUT2D eigenvalue weighted by atomic mass is 19.1. The third-order valence-electron chi connectivity index (χ3n) is 5.38. The second-order valence-corrected chi connectivity index (χ2v) is 7.28. The molecule has 0 fully saturated rings. The second kappa shape index (κ2) is 10.0. The van der Waals surface area contributed by atoms with E-state index in [1.807, 2.05) is 74.5 Å². The molecular weight excluding hydrogens is 379 g/mol. The lowest BCUT2D eigenvalue weighted by atomic mass is 10.0. The maximum Gasteiger partial charge on any atom is 0.282 e. The van der Waals surface area contributed by atoms with Crippen LogP contribution in [0.4, 0.5) is 10.1 Å². The first kappa shape index (κ1) is 21.5. The minimum absolute atomic E-state index is 0.0655. The van der Waals surface area contributed by atoms with Crippen molar-refractivity contribution < 1.29 is 18.8 Å². The van der Waals surface area contributed by atoms with Gasteiger partial charge < -0.3 is 15.0 Å². The fourth-order valence-electron chi connectivity index (χ4n) is 3.55. The van der Waals surface area contributed by atoms with Crippen LogP contribution < -0.4 is 15.0 Å². The number of rotatable bonds is 8. The van der Waals surface area contributed by atoms with Crippen molar-refractivity contribution in [2.75, 3.05) is 19.0 Å². The zero-order chi connectivity index (χ0) is 21.5. The smallest absolute Gasteiger partial charge is 0.282 e. The van der Waals surface area contributed by atoms with Gasteiger partial charge in [0.15, 0.2) is 17.6 Å². The van der Waals surface area contributed by atoms with Gasteiger partial charge in [0, 0.05) is 16.8 Å². The molecule has 0 aliphatic carbocycles. The second-order valence-electron chi connectivity index (χ2n) is 7.28. The fraction of sp³-hybridized carbons (Fsp3) is 0.240. The molecule has 0 radical (unpaired) electrons. The van der Waals surface area contributed by atoms with Gasteiger partial charge in [-0.25, -0.2) is 4.39 Å². The Labute approximate surface area is 177 Å². The predicted molar refractivity (Wildman–Crippen MR) is 118 cm³/mol. The molecule has 0 saturated carbocycles. The number of hydrogen-bond donors (Lipinski definition) is 2. The molecule has 0 aromatic heterocycles. The van der Waals surface area contributed by atoms with E-state index < -0.39 is 0 Å². The molecule has 156 valence electrons. The lowest BCUT2D eigenvalue weighted by Gasteiger charge is -2.24. The Morgan fingerprint density at radius 3 is 2.43 bits per heavy atom. The lowest BCUT2D eigenvalue weighted by molar-refractivity contribution is -0.925. The number of anilines is 1. The van der Waals surface area contributed by atoms with Crippen molar-refractivity contribution in [1.82, 2.24) is 0 Å². The van der Waals surface area contributed by atoms with Crippen LogP contribution in [0.5, 0.6) is 5.75 Å². The van der Waals surface area contributed by atoms with E-state index in [2.05, 4.69) is 5.32 Å². The maximum absolute atomic E-state index is 14.0. The van der Waals surface area contributed by atoms with Crippen LogP contribution in [0.3, 0.4) is 0 Å². The van der Waals surface area contributed by atoms with Gasteiger partial charge in [-0.15, -0.1) is 0 Å². The maximum atomic E-state index is 14.0. The molecule has 2 atom stereocenters. The summed E-state index contributed by atoms with van der Waals surface area (Å²) < 4.78 is 19.0. The van der Waals surface area contributed by atoms with Crippen LogP contribution in [0.25, 0.3) is 11.1 Å². The number of methoxy groups -OCH3 is 1. The first-order valence-corrected chi connectivity index (χ1v) is 10.2. The largest absolute Gasteiger partial charge is 0.494 e. The average Bonchev–Trinajstić information content (AvgIpc) is 2.78. The van der Waals surface area contributed by atoms with Crippen LogP contribution in [0.1, 0.15) is 19.4 Å². The highest BCUT2D eigenvalue weighted by Crippen LogP contribution is 2.27. The van der Waals surface area contributed by atoms with Gasteiger partial charge in [-0.2, -0.15) is 0 Å². The normalized spacial score (nSPS) is 12.8. The number of benzene rings is 3. The summed E-state index contributed by atoms with van der Waals surface area (Å²) in [5.74, 6) is -0.233. The molecule has 0 saturated heterocycles. The van der Waals surface area contributed by atoms with Gasteiger partial charge in [0.25, 0.3) is 5.91 Å².